The first-order valence-corrected chi connectivity index (χ1v) is 7.34. The summed E-state index contributed by atoms with van der Waals surface area (Å²) >= 11 is 0. The van der Waals surface area contributed by atoms with E-state index in [1.54, 1.807) is 0 Å². The van der Waals surface area contributed by atoms with Crippen molar-refractivity contribution in [1.29, 1.82) is 0 Å². The van der Waals surface area contributed by atoms with E-state index in [1.165, 1.54) is 36.6 Å². The van der Waals surface area contributed by atoms with E-state index in [9.17, 15) is 0 Å². The smallest absolute Gasteiger partial charge is 0.0702 e. The van der Waals surface area contributed by atoms with E-state index in [-0.39, 0.29) is 6.04 Å². The first-order chi connectivity index (χ1) is 9.24. The Labute approximate surface area is 115 Å². The van der Waals surface area contributed by atoms with Gasteiger partial charge in [0, 0.05) is 17.6 Å². The van der Waals surface area contributed by atoms with Crippen LogP contribution in [0.4, 0.5) is 0 Å². The summed E-state index contributed by atoms with van der Waals surface area (Å²) < 4.78 is 0. The summed E-state index contributed by atoms with van der Waals surface area (Å²) in [5, 5.41) is 1.19. The van der Waals surface area contributed by atoms with Gasteiger partial charge in [-0.15, -0.1) is 0 Å². The molecule has 1 heterocycles. The summed E-state index contributed by atoms with van der Waals surface area (Å²) in [7, 11) is 0. The van der Waals surface area contributed by atoms with E-state index < -0.39 is 0 Å². The molecule has 2 nitrogen and oxygen atoms in total. The van der Waals surface area contributed by atoms with E-state index >= 15 is 0 Å². The molecule has 0 aliphatic heterocycles. The fraction of sp³-hybridized carbons (Fsp3) is 0.471. The van der Waals surface area contributed by atoms with Gasteiger partial charge in [-0.1, -0.05) is 38.0 Å². The second-order valence-electron chi connectivity index (χ2n) is 6.01. The highest BCUT2D eigenvalue weighted by molar-refractivity contribution is 5.78. The molecule has 0 bridgehead atoms. The number of benzene rings is 1. The van der Waals surface area contributed by atoms with Crippen molar-refractivity contribution in [3.8, 4) is 0 Å². The third-order valence-corrected chi connectivity index (χ3v) is 4.56. The van der Waals surface area contributed by atoms with E-state index in [2.05, 4.69) is 30.1 Å². The third kappa shape index (κ3) is 2.64. The Morgan fingerprint density at radius 2 is 1.89 bits per heavy atom. The van der Waals surface area contributed by atoms with Gasteiger partial charge in [-0.25, -0.2) is 0 Å². The topological polar surface area (TPSA) is 38.9 Å². The standard InChI is InChI=1S/C17H22N2/c1-12-6-8-13(9-7-12)17(18)15-10-14-4-2-3-5-16(14)19-11-15/h2-5,10-13,17H,6-9,18H2,1H3. The highest BCUT2D eigenvalue weighted by Gasteiger charge is 2.24. The van der Waals surface area contributed by atoms with Gasteiger partial charge in [-0.3, -0.25) is 4.98 Å². The number of aromatic nitrogens is 1. The summed E-state index contributed by atoms with van der Waals surface area (Å²) in [5.41, 5.74) is 8.71. The van der Waals surface area contributed by atoms with Gasteiger partial charge in [0.15, 0.2) is 0 Å². The Hall–Kier alpha value is -1.41. The molecule has 2 aromatic rings. The van der Waals surface area contributed by atoms with E-state index in [0.717, 1.165) is 11.4 Å². The van der Waals surface area contributed by atoms with Crippen molar-refractivity contribution in [3.63, 3.8) is 0 Å². The first-order valence-electron chi connectivity index (χ1n) is 7.34. The average Bonchev–Trinajstić information content (AvgIpc) is 2.47. The monoisotopic (exact) mass is 254 g/mol. The summed E-state index contributed by atoms with van der Waals surface area (Å²) in [5.74, 6) is 1.50. The van der Waals surface area contributed by atoms with Crippen LogP contribution in [0.3, 0.4) is 0 Å². The predicted molar refractivity (Wildman–Crippen MR) is 79.8 cm³/mol. The van der Waals surface area contributed by atoms with Crippen LogP contribution in [0.2, 0.25) is 0 Å². The summed E-state index contributed by atoms with van der Waals surface area (Å²) in [6.07, 6.45) is 7.12. The molecule has 0 saturated heterocycles. The zero-order valence-corrected chi connectivity index (χ0v) is 11.5. The van der Waals surface area contributed by atoms with Crippen LogP contribution < -0.4 is 5.73 Å². The third-order valence-electron chi connectivity index (χ3n) is 4.56. The quantitative estimate of drug-likeness (QED) is 0.877. The van der Waals surface area contributed by atoms with Crippen molar-refractivity contribution in [1.82, 2.24) is 4.98 Å². The van der Waals surface area contributed by atoms with Gasteiger partial charge in [0.05, 0.1) is 5.52 Å². The molecule has 1 fully saturated rings. The maximum Gasteiger partial charge on any atom is 0.0702 e. The van der Waals surface area contributed by atoms with Crippen molar-refractivity contribution in [2.24, 2.45) is 17.6 Å². The molecule has 100 valence electrons. The summed E-state index contributed by atoms with van der Waals surface area (Å²) in [6, 6.07) is 10.6. The second kappa shape index (κ2) is 5.30. The Morgan fingerprint density at radius 3 is 2.68 bits per heavy atom. The molecule has 1 unspecified atom stereocenters. The molecule has 2 heteroatoms. The highest BCUT2D eigenvalue weighted by Crippen LogP contribution is 2.35. The molecule has 0 spiro atoms. The molecular formula is C17H22N2. The molecule has 3 rings (SSSR count). The number of nitrogens with two attached hydrogens (primary N) is 1. The van der Waals surface area contributed by atoms with Crippen molar-refractivity contribution in [2.45, 2.75) is 38.6 Å². The maximum atomic E-state index is 6.47. The Kier molecular flexibility index (Phi) is 3.52. The molecule has 2 N–H and O–H groups in total. The van der Waals surface area contributed by atoms with E-state index in [4.69, 9.17) is 5.73 Å². The van der Waals surface area contributed by atoms with Crippen LogP contribution in [-0.2, 0) is 0 Å². The molecule has 1 saturated carbocycles. The molecule has 1 aromatic heterocycles. The number of hydrogen-bond donors (Lipinski definition) is 1. The van der Waals surface area contributed by atoms with Crippen molar-refractivity contribution in [3.05, 3.63) is 42.1 Å². The summed E-state index contributed by atoms with van der Waals surface area (Å²) in [6.45, 7) is 2.35. The van der Waals surface area contributed by atoms with Gasteiger partial charge in [-0.05, 0) is 42.4 Å². The van der Waals surface area contributed by atoms with Gasteiger partial charge in [0.2, 0.25) is 0 Å². The van der Waals surface area contributed by atoms with Crippen LogP contribution in [0, 0.1) is 11.8 Å². The van der Waals surface area contributed by atoms with Gasteiger partial charge in [-0.2, -0.15) is 0 Å². The number of nitrogens with zero attached hydrogens (tertiary/aromatic N) is 1. The fourth-order valence-electron chi connectivity index (χ4n) is 3.19. The molecule has 1 aliphatic rings. The molecule has 1 aromatic carbocycles. The van der Waals surface area contributed by atoms with Crippen molar-refractivity contribution in [2.75, 3.05) is 0 Å². The van der Waals surface area contributed by atoms with Gasteiger partial charge < -0.3 is 5.73 Å². The second-order valence-corrected chi connectivity index (χ2v) is 6.01. The van der Waals surface area contributed by atoms with Crippen LogP contribution >= 0.6 is 0 Å². The summed E-state index contributed by atoms with van der Waals surface area (Å²) in [4.78, 5) is 4.53. The number of fused-ring (bicyclic) bond motifs is 1. The van der Waals surface area contributed by atoms with Crippen LogP contribution in [0.5, 0.6) is 0 Å². The van der Waals surface area contributed by atoms with E-state index in [1.807, 2.05) is 18.3 Å². The normalized spacial score (nSPS) is 25.4. The van der Waals surface area contributed by atoms with Crippen LogP contribution in [0.1, 0.15) is 44.2 Å². The Morgan fingerprint density at radius 1 is 1.16 bits per heavy atom. The lowest BCUT2D eigenvalue weighted by molar-refractivity contribution is 0.256. The van der Waals surface area contributed by atoms with Gasteiger partial charge in [0.1, 0.15) is 0 Å². The maximum absolute atomic E-state index is 6.47. The molecular weight excluding hydrogens is 232 g/mol. The Bertz CT molecular complexity index is 556. The number of para-hydroxylation sites is 1. The average molecular weight is 254 g/mol. The minimum absolute atomic E-state index is 0.143. The lowest BCUT2D eigenvalue weighted by atomic mass is 9.78. The first kappa shape index (κ1) is 12.6. The zero-order valence-electron chi connectivity index (χ0n) is 11.5. The minimum atomic E-state index is 0.143. The predicted octanol–water partition coefficient (Wildman–Crippen LogP) is 4.06. The molecule has 19 heavy (non-hydrogen) atoms. The fourth-order valence-corrected chi connectivity index (χ4v) is 3.19. The van der Waals surface area contributed by atoms with Gasteiger partial charge >= 0.3 is 0 Å². The van der Waals surface area contributed by atoms with Crippen molar-refractivity contribution >= 4 is 10.9 Å². The zero-order chi connectivity index (χ0) is 13.2. The lowest BCUT2D eigenvalue weighted by Gasteiger charge is -2.30. The van der Waals surface area contributed by atoms with E-state index in [0.29, 0.717) is 5.92 Å². The molecule has 1 aliphatic carbocycles. The van der Waals surface area contributed by atoms with Crippen LogP contribution in [0.25, 0.3) is 10.9 Å². The minimum Gasteiger partial charge on any atom is -0.324 e. The largest absolute Gasteiger partial charge is 0.324 e. The number of rotatable bonds is 2. The SMILES string of the molecule is CC1CCC(C(N)c2cnc3ccccc3c2)CC1. The van der Waals surface area contributed by atoms with Crippen LogP contribution in [-0.4, -0.2) is 4.98 Å². The molecule has 1 atom stereocenters. The Balaban J connectivity index is 1.83. The van der Waals surface area contributed by atoms with Crippen LogP contribution in [0.15, 0.2) is 36.5 Å². The molecule has 0 amide bonds. The van der Waals surface area contributed by atoms with Gasteiger partial charge in [0.25, 0.3) is 0 Å². The van der Waals surface area contributed by atoms with Crippen molar-refractivity contribution < 1.29 is 0 Å². The number of pyridine rings is 1. The number of hydrogen-bond acceptors (Lipinski definition) is 2. The lowest BCUT2D eigenvalue weighted by Crippen LogP contribution is -2.25. The highest BCUT2D eigenvalue weighted by atomic mass is 14.7. The molecule has 0 radical (unpaired) electrons.